The minimum Gasteiger partial charge on any atom is -0.367 e. The average Bonchev–Trinajstić information content (AvgIpc) is 2.64. The number of aromatic nitrogens is 2. The van der Waals surface area contributed by atoms with Crippen molar-refractivity contribution < 1.29 is 4.79 Å². The Labute approximate surface area is 160 Å². The number of hydrogen-bond acceptors (Lipinski definition) is 4. The lowest BCUT2D eigenvalue weighted by Gasteiger charge is -2.41. The van der Waals surface area contributed by atoms with Crippen molar-refractivity contribution in [2.24, 2.45) is 0 Å². The van der Waals surface area contributed by atoms with Gasteiger partial charge < -0.3 is 14.8 Å². The standard InChI is InChI=1S/C21H28N4O2/c1-5-19-22-16(4)17(21(27)23-19)12-20(26)25-11-10-24(13-15(25)3)18-9-7-6-8-14(18)2/h6-9,15H,5,10-13H2,1-4H3,(H,22,23,27)/t15-/m1/s1. The van der Waals surface area contributed by atoms with Crippen LogP contribution in [0.3, 0.4) is 0 Å². The highest BCUT2D eigenvalue weighted by molar-refractivity contribution is 5.79. The van der Waals surface area contributed by atoms with Crippen LogP contribution in [0.15, 0.2) is 29.1 Å². The van der Waals surface area contributed by atoms with Crippen molar-refractivity contribution in [1.82, 2.24) is 14.9 Å². The van der Waals surface area contributed by atoms with E-state index >= 15 is 0 Å². The topological polar surface area (TPSA) is 69.3 Å². The van der Waals surface area contributed by atoms with Crippen molar-refractivity contribution in [2.45, 2.75) is 46.6 Å². The van der Waals surface area contributed by atoms with Crippen molar-refractivity contribution in [3.63, 3.8) is 0 Å². The van der Waals surface area contributed by atoms with E-state index < -0.39 is 0 Å². The summed E-state index contributed by atoms with van der Waals surface area (Å²) < 4.78 is 0. The molecule has 1 N–H and O–H groups in total. The van der Waals surface area contributed by atoms with Crippen LogP contribution in [0.5, 0.6) is 0 Å². The summed E-state index contributed by atoms with van der Waals surface area (Å²) in [6.45, 7) is 10.2. The van der Waals surface area contributed by atoms with E-state index in [1.165, 1.54) is 11.3 Å². The third-order valence-electron chi connectivity index (χ3n) is 5.34. The van der Waals surface area contributed by atoms with Crippen LogP contribution in [0.2, 0.25) is 0 Å². The summed E-state index contributed by atoms with van der Waals surface area (Å²) in [5.74, 6) is 0.653. The molecule has 0 spiro atoms. The average molecular weight is 368 g/mol. The second kappa shape index (κ2) is 7.94. The summed E-state index contributed by atoms with van der Waals surface area (Å²) in [6.07, 6.45) is 0.773. The minimum atomic E-state index is -0.195. The largest absolute Gasteiger partial charge is 0.367 e. The zero-order valence-corrected chi connectivity index (χ0v) is 16.6. The Morgan fingerprint density at radius 1 is 1.26 bits per heavy atom. The number of piperazine rings is 1. The summed E-state index contributed by atoms with van der Waals surface area (Å²) in [5.41, 5.74) is 3.40. The normalized spacial score (nSPS) is 17.3. The van der Waals surface area contributed by atoms with Gasteiger partial charge in [0.05, 0.1) is 6.42 Å². The van der Waals surface area contributed by atoms with E-state index in [1.807, 2.05) is 24.0 Å². The van der Waals surface area contributed by atoms with Crippen molar-refractivity contribution in [1.29, 1.82) is 0 Å². The fourth-order valence-electron chi connectivity index (χ4n) is 3.76. The summed E-state index contributed by atoms with van der Waals surface area (Å²) in [7, 11) is 0. The van der Waals surface area contributed by atoms with Gasteiger partial charge in [-0.2, -0.15) is 0 Å². The Morgan fingerprint density at radius 2 is 2.00 bits per heavy atom. The number of carbonyl (C=O) groups excluding carboxylic acids is 1. The van der Waals surface area contributed by atoms with Crippen molar-refractivity contribution >= 4 is 11.6 Å². The molecule has 0 bridgehead atoms. The molecule has 2 aromatic rings. The number of hydrogen-bond donors (Lipinski definition) is 1. The van der Waals surface area contributed by atoms with Gasteiger partial charge in [0.1, 0.15) is 5.82 Å². The SMILES string of the molecule is CCc1nc(C)c(CC(=O)N2CCN(c3ccccc3C)C[C@H]2C)c(=O)[nH]1. The predicted molar refractivity (Wildman–Crippen MR) is 107 cm³/mol. The number of aromatic amines is 1. The lowest BCUT2D eigenvalue weighted by atomic mass is 10.1. The van der Waals surface area contributed by atoms with Crippen LogP contribution >= 0.6 is 0 Å². The maximum atomic E-state index is 12.9. The minimum absolute atomic E-state index is 0.00779. The van der Waals surface area contributed by atoms with E-state index in [0.717, 1.165) is 13.1 Å². The monoisotopic (exact) mass is 368 g/mol. The van der Waals surface area contributed by atoms with E-state index in [0.29, 0.717) is 30.0 Å². The lowest BCUT2D eigenvalue weighted by molar-refractivity contribution is -0.132. The quantitative estimate of drug-likeness (QED) is 0.898. The highest BCUT2D eigenvalue weighted by Crippen LogP contribution is 2.23. The molecule has 2 heterocycles. The number of carbonyl (C=O) groups is 1. The maximum absolute atomic E-state index is 12.9. The molecule has 0 radical (unpaired) electrons. The Balaban J connectivity index is 1.71. The number of H-pyrrole nitrogens is 1. The number of para-hydroxylation sites is 1. The van der Waals surface area contributed by atoms with Crippen LogP contribution in [0.1, 0.15) is 36.5 Å². The molecular weight excluding hydrogens is 340 g/mol. The summed E-state index contributed by atoms with van der Waals surface area (Å²) >= 11 is 0. The van der Waals surface area contributed by atoms with Crippen LogP contribution in [-0.4, -0.2) is 46.5 Å². The molecule has 6 heteroatoms. The zero-order valence-electron chi connectivity index (χ0n) is 16.6. The first-order chi connectivity index (χ1) is 12.9. The molecular formula is C21H28N4O2. The van der Waals surface area contributed by atoms with Gasteiger partial charge in [-0.05, 0) is 32.4 Å². The number of anilines is 1. The molecule has 0 aliphatic carbocycles. The van der Waals surface area contributed by atoms with Crippen LogP contribution < -0.4 is 10.5 Å². The third-order valence-corrected chi connectivity index (χ3v) is 5.34. The lowest BCUT2D eigenvalue weighted by Crippen LogP contribution is -2.54. The first kappa shape index (κ1) is 19.1. The second-order valence-electron chi connectivity index (χ2n) is 7.28. The number of nitrogens with zero attached hydrogens (tertiary/aromatic N) is 3. The molecule has 1 aliphatic rings. The van der Waals surface area contributed by atoms with E-state index in [2.05, 4.69) is 40.8 Å². The maximum Gasteiger partial charge on any atom is 0.254 e. The molecule has 3 rings (SSSR count). The molecule has 1 amide bonds. The molecule has 1 fully saturated rings. The van der Waals surface area contributed by atoms with Crippen LogP contribution in [0.25, 0.3) is 0 Å². The third kappa shape index (κ3) is 4.04. The number of amides is 1. The van der Waals surface area contributed by atoms with E-state index in [-0.39, 0.29) is 23.9 Å². The number of benzene rings is 1. The van der Waals surface area contributed by atoms with Gasteiger partial charge in [-0.3, -0.25) is 9.59 Å². The van der Waals surface area contributed by atoms with Crippen LogP contribution in [-0.2, 0) is 17.6 Å². The zero-order chi connectivity index (χ0) is 19.6. The van der Waals surface area contributed by atoms with Crippen molar-refractivity contribution in [2.75, 3.05) is 24.5 Å². The number of aryl methyl sites for hydroxylation is 3. The molecule has 1 aromatic carbocycles. The highest BCUT2D eigenvalue weighted by Gasteiger charge is 2.28. The van der Waals surface area contributed by atoms with Crippen LogP contribution in [0, 0.1) is 13.8 Å². The van der Waals surface area contributed by atoms with E-state index in [1.54, 1.807) is 6.92 Å². The van der Waals surface area contributed by atoms with Gasteiger partial charge >= 0.3 is 0 Å². The smallest absolute Gasteiger partial charge is 0.254 e. The highest BCUT2D eigenvalue weighted by atomic mass is 16.2. The molecule has 0 unspecified atom stereocenters. The Bertz CT molecular complexity index is 890. The fourth-order valence-corrected chi connectivity index (χ4v) is 3.76. The Kier molecular flexibility index (Phi) is 5.63. The van der Waals surface area contributed by atoms with E-state index in [4.69, 9.17) is 0 Å². The van der Waals surface area contributed by atoms with E-state index in [9.17, 15) is 9.59 Å². The summed E-state index contributed by atoms with van der Waals surface area (Å²) in [6, 6.07) is 8.42. The number of rotatable bonds is 4. The molecule has 144 valence electrons. The Morgan fingerprint density at radius 3 is 2.63 bits per heavy atom. The van der Waals surface area contributed by atoms with Gasteiger partial charge in [-0.1, -0.05) is 25.1 Å². The van der Waals surface area contributed by atoms with Gasteiger partial charge in [0, 0.05) is 49.0 Å². The second-order valence-corrected chi connectivity index (χ2v) is 7.28. The van der Waals surface area contributed by atoms with Gasteiger partial charge in [0.15, 0.2) is 0 Å². The van der Waals surface area contributed by atoms with Crippen molar-refractivity contribution in [3.8, 4) is 0 Å². The summed E-state index contributed by atoms with van der Waals surface area (Å²) in [5, 5.41) is 0. The molecule has 1 atom stereocenters. The fraction of sp³-hybridized carbons (Fsp3) is 0.476. The van der Waals surface area contributed by atoms with Gasteiger partial charge in [-0.15, -0.1) is 0 Å². The first-order valence-corrected chi connectivity index (χ1v) is 9.59. The van der Waals surface area contributed by atoms with Crippen molar-refractivity contribution in [3.05, 3.63) is 57.3 Å². The summed E-state index contributed by atoms with van der Waals surface area (Å²) in [4.78, 5) is 36.6. The van der Waals surface area contributed by atoms with Gasteiger partial charge in [-0.25, -0.2) is 4.98 Å². The Hall–Kier alpha value is -2.63. The molecule has 27 heavy (non-hydrogen) atoms. The van der Waals surface area contributed by atoms with Gasteiger partial charge in [0.2, 0.25) is 5.91 Å². The predicted octanol–water partition coefficient (Wildman–Crippen LogP) is 2.23. The molecule has 1 aromatic heterocycles. The molecule has 0 saturated carbocycles. The first-order valence-electron chi connectivity index (χ1n) is 9.59. The molecule has 1 saturated heterocycles. The molecule has 1 aliphatic heterocycles. The number of nitrogens with one attached hydrogen (secondary N) is 1. The molecule has 6 nitrogen and oxygen atoms in total. The van der Waals surface area contributed by atoms with Gasteiger partial charge in [0.25, 0.3) is 5.56 Å². The van der Waals surface area contributed by atoms with Crippen LogP contribution in [0.4, 0.5) is 5.69 Å².